The lowest BCUT2D eigenvalue weighted by Gasteiger charge is -2.16. The highest BCUT2D eigenvalue weighted by Gasteiger charge is 2.21. The van der Waals surface area contributed by atoms with Crippen molar-refractivity contribution in [2.45, 2.75) is 25.9 Å². The molecule has 2 aromatic rings. The summed E-state index contributed by atoms with van der Waals surface area (Å²) in [6.45, 7) is 2.10. The van der Waals surface area contributed by atoms with Gasteiger partial charge in [0, 0.05) is 38.4 Å². The number of nitrogens with one attached hydrogen (secondary N) is 2. The van der Waals surface area contributed by atoms with Crippen molar-refractivity contribution < 1.29 is 4.79 Å². The standard InChI is InChI=1S/C19H23N5O.HI/c1-20-19(23-14-16-5-2-3-11-21-16)22-13-15-7-9-17(10-8-15)24-12-4-6-18(24)25;/h2-3,5,7-11H,4,6,12-14H2,1H3,(H2,20,22,23);1H. The second-order valence-corrected chi connectivity index (χ2v) is 5.92. The minimum absolute atomic E-state index is 0. The van der Waals surface area contributed by atoms with E-state index in [9.17, 15) is 4.79 Å². The highest BCUT2D eigenvalue weighted by Crippen LogP contribution is 2.21. The molecule has 6 nitrogen and oxygen atoms in total. The minimum Gasteiger partial charge on any atom is -0.352 e. The van der Waals surface area contributed by atoms with Gasteiger partial charge in [-0.2, -0.15) is 0 Å². The zero-order valence-corrected chi connectivity index (χ0v) is 17.1. The van der Waals surface area contributed by atoms with Crippen LogP contribution in [0.15, 0.2) is 53.7 Å². The summed E-state index contributed by atoms with van der Waals surface area (Å²) in [5.41, 5.74) is 3.07. The summed E-state index contributed by atoms with van der Waals surface area (Å²) in [5, 5.41) is 6.53. The number of hydrogen-bond donors (Lipinski definition) is 2. The van der Waals surface area contributed by atoms with E-state index in [0.717, 1.165) is 35.9 Å². The lowest BCUT2D eigenvalue weighted by Crippen LogP contribution is -2.36. The van der Waals surface area contributed by atoms with Crippen molar-refractivity contribution in [2.75, 3.05) is 18.5 Å². The molecule has 1 amide bonds. The number of aliphatic imine (C=N–C) groups is 1. The monoisotopic (exact) mass is 465 g/mol. The molecule has 1 aliphatic heterocycles. The molecule has 0 radical (unpaired) electrons. The predicted octanol–water partition coefficient (Wildman–Crippen LogP) is 2.69. The van der Waals surface area contributed by atoms with E-state index in [-0.39, 0.29) is 29.9 Å². The first-order valence-electron chi connectivity index (χ1n) is 8.50. The molecule has 26 heavy (non-hydrogen) atoms. The summed E-state index contributed by atoms with van der Waals surface area (Å²) < 4.78 is 0. The van der Waals surface area contributed by atoms with Crippen molar-refractivity contribution in [1.29, 1.82) is 0 Å². The second-order valence-electron chi connectivity index (χ2n) is 5.92. The third-order valence-corrected chi connectivity index (χ3v) is 4.17. The summed E-state index contributed by atoms with van der Waals surface area (Å²) >= 11 is 0. The number of hydrogen-bond acceptors (Lipinski definition) is 3. The fourth-order valence-electron chi connectivity index (χ4n) is 2.80. The Kier molecular flexibility index (Phi) is 7.83. The fraction of sp³-hybridized carbons (Fsp3) is 0.316. The van der Waals surface area contributed by atoms with Crippen molar-refractivity contribution in [3.8, 4) is 0 Å². The van der Waals surface area contributed by atoms with Gasteiger partial charge in [-0.15, -0.1) is 24.0 Å². The average Bonchev–Trinajstić information content (AvgIpc) is 3.09. The van der Waals surface area contributed by atoms with E-state index in [0.29, 0.717) is 19.5 Å². The van der Waals surface area contributed by atoms with Crippen molar-refractivity contribution in [3.63, 3.8) is 0 Å². The molecular weight excluding hydrogens is 441 g/mol. The van der Waals surface area contributed by atoms with Gasteiger partial charge in [-0.05, 0) is 36.2 Å². The number of amides is 1. The van der Waals surface area contributed by atoms with Gasteiger partial charge in [-0.3, -0.25) is 14.8 Å². The summed E-state index contributed by atoms with van der Waals surface area (Å²) in [6.07, 6.45) is 3.38. The Morgan fingerprint density at radius 1 is 1.15 bits per heavy atom. The predicted molar refractivity (Wildman–Crippen MR) is 115 cm³/mol. The number of benzene rings is 1. The van der Waals surface area contributed by atoms with Crippen molar-refractivity contribution in [3.05, 3.63) is 59.9 Å². The van der Waals surface area contributed by atoms with E-state index in [1.54, 1.807) is 13.2 Å². The van der Waals surface area contributed by atoms with Crippen LogP contribution in [0.4, 0.5) is 5.69 Å². The van der Waals surface area contributed by atoms with E-state index in [2.05, 4.69) is 20.6 Å². The molecule has 0 saturated carbocycles. The lowest BCUT2D eigenvalue weighted by atomic mass is 10.2. The van der Waals surface area contributed by atoms with Crippen LogP contribution in [0, 0.1) is 0 Å². The SMILES string of the molecule is CN=C(NCc1ccc(N2CCCC2=O)cc1)NCc1ccccn1.I. The quantitative estimate of drug-likeness (QED) is 0.405. The van der Waals surface area contributed by atoms with Gasteiger partial charge in [0.1, 0.15) is 0 Å². The minimum atomic E-state index is 0. The number of carbonyl (C=O) groups is 1. The Hall–Kier alpha value is -2.16. The Balaban J connectivity index is 0.00000243. The average molecular weight is 465 g/mol. The van der Waals surface area contributed by atoms with Crippen molar-refractivity contribution in [2.24, 2.45) is 4.99 Å². The third-order valence-electron chi connectivity index (χ3n) is 4.17. The van der Waals surface area contributed by atoms with Gasteiger partial charge in [0.15, 0.2) is 5.96 Å². The maximum absolute atomic E-state index is 11.8. The van der Waals surface area contributed by atoms with Crippen LogP contribution in [-0.2, 0) is 17.9 Å². The van der Waals surface area contributed by atoms with Crippen LogP contribution in [0.1, 0.15) is 24.1 Å². The van der Waals surface area contributed by atoms with Crippen LogP contribution in [0.5, 0.6) is 0 Å². The topological polar surface area (TPSA) is 69.6 Å². The summed E-state index contributed by atoms with van der Waals surface area (Å²) in [7, 11) is 1.75. The van der Waals surface area contributed by atoms with Crippen LogP contribution in [-0.4, -0.2) is 30.4 Å². The van der Waals surface area contributed by atoms with Crippen LogP contribution < -0.4 is 15.5 Å². The molecule has 3 rings (SSSR count). The highest BCUT2D eigenvalue weighted by atomic mass is 127. The van der Waals surface area contributed by atoms with E-state index < -0.39 is 0 Å². The van der Waals surface area contributed by atoms with Crippen LogP contribution in [0.3, 0.4) is 0 Å². The summed E-state index contributed by atoms with van der Waals surface area (Å²) in [4.78, 5) is 22.1. The van der Waals surface area contributed by atoms with Gasteiger partial charge in [0.2, 0.25) is 5.91 Å². The summed E-state index contributed by atoms with van der Waals surface area (Å²) in [6, 6.07) is 13.9. The second kappa shape index (κ2) is 10.1. The zero-order chi connectivity index (χ0) is 17.5. The molecule has 1 aromatic heterocycles. The smallest absolute Gasteiger partial charge is 0.227 e. The van der Waals surface area contributed by atoms with Crippen LogP contribution >= 0.6 is 24.0 Å². The highest BCUT2D eigenvalue weighted by molar-refractivity contribution is 14.0. The van der Waals surface area contributed by atoms with E-state index >= 15 is 0 Å². The molecule has 0 aliphatic carbocycles. The van der Waals surface area contributed by atoms with Gasteiger partial charge < -0.3 is 15.5 Å². The van der Waals surface area contributed by atoms with E-state index in [1.165, 1.54) is 0 Å². The van der Waals surface area contributed by atoms with Crippen molar-refractivity contribution in [1.82, 2.24) is 15.6 Å². The first-order valence-corrected chi connectivity index (χ1v) is 8.50. The molecule has 7 heteroatoms. The van der Waals surface area contributed by atoms with Gasteiger partial charge >= 0.3 is 0 Å². The Bertz CT molecular complexity index is 733. The molecule has 1 aliphatic rings. The largest absolute Gasteiger partial charge is 0.352 e. The van der Waals surface area contributed by atoms with Gasteiger partial charge in [0.05, 0.1) is 12.2 Å². The molecule has 1 fully saturated rings. The Morgan fingerprint density at radius 2 is 1.92 bits per heavy atom. The first-order chi connectivity index (χ1) is 12.3. The third kappa shape index (κ3) is 5.42. The molecule has 2 N–H and O–H groups in total. The number of halogens is 1. The van der Waals surface area contributed by atoms with Crippen LogP contribution in [0.25, 0.3) is 0 Å². The molecule has 1 saturated heterocycles. The molecule has 138 valence electrons. The number of nitrogens with zero attached hydrogens (tertiary/aromatic N) is 3. The molecule has 0 bridgehead atoms. The number of carbonyl (C=O) groups excluding carboxylic acids is 1. The van der Waals surface area contributed by atoms with Gasteiger partial charge in [0.25, 0.3) is 0 Å². The number of pyridine rings is 1. The normalized spacial score (nSPS) is 14.1. The Morgan fingerprint density at radius 3 is 2.54 bits per heavy atom. The van der Waals surface area contributed by atoms with Crippen molar-refractivity contribution >= 4 is 41.5 Å². The summed E-state index contributed by atoms with van der Waals surface area (Å²) in [5.74, 6) is 0.939. The first kappa shape index (κ1) is 20.2. The molecule has 0 unspecified atom stereocenters. The fourth-order valence-corrected chi connectivity index (χ4v) is 2.80. The molecule has 0 atom stereocenters. The van der Waals surface area contributed by atoms with Gasteiger partial charge in [-0.1, -0.05) is 18.2 Å². The zero-order valence-electron chi connectivity index (χ0n) is 14.8. The number of rotatable bonds is 5. The lowest BCUT2D eigenvalue weighted by molar-refractivity contribution is -0.117. The molecular formula is C19H24IN5O. The Labute approximate surface area is 171 Å². The molecule has 2 heterocycles. The van der Waals surface area contributed by atoms with Gasteiger partial charge in [-0.25, -0.2) is 0 Å². The van der Waals surface area contributed by atoms with E-state index in [1.807, 2.05) is 47.4 Å². The number of guanidine groups is 1. The number of anilines is 1. The van der Waals surface area contributed by atoms with E-state index in [4.69, 9.17) is 0 Å². The van der Waals surface area contributed by atoms with Crippen LogP contribution in [0.2, 0.25) is 0 Å². The molecule has 1 aromatic carbocycles. The number of aromatic nitrogens is 1. The maximum atomic E-state index is 11.8. The maximum Gasteiger partial charge on any atom is 0.227 e. The molecule has 0 spiro atoms.